The predicted octanol–water partition coefficient (Wildman–Crippen LogP) is 1.61. The van der Waals surface area contributed by atoms with Crippen molar-refractivity contribution >= 4 is 16.1 Å². The molecule has 1 heterocycles. The lowest BCUT2D eigenvalue weighted by Crippen LogP contribution is -2.35. The molecule has 0 bridgehead atoms. The topological polar surface area (TPSA) is 78.9 Å². The zero-order valence-corrected chi connectivity index (χ0v) is 13.4. The van der Waals surface area contributed by atoms with Gasteiger partial charge in [0.1, 0.15) is 12.7 Å². The fourth-order valence-corrected chi connectivity index (χ4v) is 2.95. The molecule has 1 aromatic rings. The molecule has 0 spiro atoms. The van der Waals surface area contributed by atoms with Gasteiger partial charge in [-0.25, -0.2) is 4.79 Å². The SMILES string of the molecule is C[C@H]1CO[C@H]([C@@H](COC(=O)c2ccccc2)OS(C)(=O)=O)C1. The summed E-state index contributed by atoms with van der Waals surface area (Å²) in [5.74, 6) is -0.200. The predicted molar refractivity (Wildman–Crippen MR) is 80.0 cm³/mol. The van der Waals surface area contributed by atoms with E-state index >= 15 is 0 Å². The van der Waals surface area contributed by atoms with Gasteiger partial charge in [-0.1, -0.05) is 25.1 Å². The molecule has 0 amide bonds. The third-order valence-electron chi connectivity index (χ3n) is 3.33. The summed E-state index contributed by atoms with van der Waals surface area (Å²) in [7, 11) is -3.66. The fraction of sp³-hybridized carbons (Fsp3) is 0.533. The molecule has 6 nitrogen and oxygen atoms in total. The van der Waals surface area contributed by atoms with Crippen molar-refractivity contribution in [2.24, 2.45) is 5.92 Å². The van der Waals surface area contributed by atoms with E-state index in [4.69, 9.17) is 13.7 Å². The van der Waals surface area contributed by atoms with Crippen LogP contribution in [0, 0.1) is 5.92 Å². The lowest BCUT2D eigenvalue weighted by atomic mass is 10.1. The largest absolute Gasteiger partial charge is 0.459 e. The van der Waals surface area contributed by atoms with Gasteiger partial charge in [-0.15, -0.1) is 0 Å². The summed E-state index contributed by atoms with van der Waals surface area (Å²) in [4.78, 5) is 11.9. The average molecular weight is 328 g/mol. The van der Waals surface area contributed by atoms with Gasteiger partial charge in [0.15, 0.2) is 0 Å². The van der Waals surface area contributed by atoms with Crippen molar-refractivity contribution in [1.29, 1.82) is 0 Å². The highest BCUT2D eigenvalue weighted by Gasteiger charge is 2.34. The third-order valence-corrected chi connectivity index (χ3v) is 3.93. The molecule has 7 heteroatoms. The van der Waals surface area contributed by atoms with Gasteiger partial charge < -0.3 is 9.47 Å². The normalized spacial score (nSPS) is 23.2. The fourth-order valence-electron chi connectivity index (χ4n) is 2.32. The second kappa shape index (κ2) is 7.21. The number of rotatable bonds is 6. The number of carbonyl (C=O) groups is 1. The van der Waals surface area contributed by atoms with Crippen LogP contribution >= 0.6 is 0 Å². The molecule has 0 aliphatic carbocycles. The molecular weight excluding hydrogens is 308 g/mol. The molecule has 1 aromatic carbocycles. The first kappa shape index (κ1) is 16.9. The van der Waals surface area contributed by atoms with Gasteiger partial charge in [0, 0.05) is 6.61 Å². The van der Waals surface area contributed by atoms with E-state index in [0.717, 1.165) is 6.26 Å². The van der Waals surface area contributed by atoms with Crippen LogP contribution in [0.3, 0.4) is 0 Å². The first-order valence-electron chi connectivity index (χ1n) is 7.07. The van der Waals surface area contributed by atoms with E-state index in [2.05, 4.69) is 0 Å². The third kappa shape index (κ3) is 5.08. The van der Waals surface area contributed by atoms with Crippen LogP contribution in [0.1, 0.15) is 23.7 Å². The number of esters is 1. The highest BCUT2D eigenvalue weighted by molar-refractivity contribution is 7.86. The van der Waals surface area contributed by atoms with Crippen LogP contribution in [0.25, 0.3) is 0 Å². The van der Waals surface area contributed by atoms with E-state index in [9.17, 15) is 13.2 Å². The van der Waals surface area contributed by atoms with Crippen LogP contribution in [-0.2, 0) is 23.8 Å². The summed E-state index contributed by atoms with van der Waals surface area (Å²) in [6.45, 7) is 2.38. The standard InChI is InChI=1S/C15H20O6S/c1-11-8-13(19-9-11)14(21-22(2,17)18)10-20-15(16)12-6-4-3-5-7-12/h3-7,11,13-14H,8-10H2,1-2H3/t11-,13+,14-/m1/s1. The van der Waals surface area contributed by atoms with E-state index in [-0.39, 0.29) is 6.61 Å². The monoisotopic (exact) mass is 328 g/mol. The van der Waals surface area contributed by atoms with Crippen LogP contribution < -0.4 is 0 Å². The molecule has 0 N–H and O–H groups in total. The van der Waals surface area contributed by atoms with Gasteiger partial charge in [0.25, 0.3) is 10.1 Å². The Labute approximate surface area is 130 Å². The Hall–Kier alpha value is -1.44. The molecule has 1 fully saturated rings. The van der Waals surface area contributed by atoms with Crippen molar-refractivity contribution in [3.63, 3.8) is 0 Å². The molecule has 2 rings (SSSR count). The summed E-state index contributed by atoms with van der Waals surface area (Å²) in [5, 5.41) is 0. The smallest absolute Gasteiger partial charge is 0.338 e. The molecular formula is C15H20O6S. The molecule has 122 valence electrons. The van der Waals surface area contributed by atoms with Crippen LogP contribution in [0.15, 0.2) is 30.3 Å². The summed E-state index contributed by atoms with van der Waals surface area (Å²) in [5.41, 5.74) is 0.404. The number of hydrogen-bond donors (Lipinski definition) is 0. The number of carbonyl (C=O) groups excluding carboxylic acids is 1. The van der Waals surface area contributed by atoms with E-state index < -0.39 is 28.3 Å². The number of ether oxygens (including phenoxy) is 2. The van der Waals surface area contributed by atoms with Gasteiger partial charge in [-0.2, -0.15) is 8.42 Å². The molecule has 1 aliphatic rings. The van der Waals surface area contributed by atoms with E-state index in [1.165, 1.54) is 0 Å². The van der Waals surface area contributed by atoms with Crippen molar-refractivity contribution < 1.29 is 26.9 Å². The highest BCUT2D eigenvalue weighted by Crippen LogP contribution is 2.24. The molecule has 1 saturated heterocycles. The second-order valence-electron chi connectivity index (χ2n) is 5.52. The maximum absolute atomic E-state index is 11.9. The van der Waals surface area contributed by atoms with Crippen LogP contribution in [-0.4, -0.2) is 46.1 Å². The summed E-state index contributed by atoms with van der Waals surface area (Å²) >= 11 is 0. The molecule has 3 atom stereocenters. The van der Waals surface area contributed by atoms with Gasteiger partial charge in [0.2, 0.25) is 0 Å². The van der Waals surface area contributed by atoms with Crippen molar-refractivity contribution in [3.05, 3.63) is 35.9 Å². The maximum atomic E-state index is 11.9. The Morgan fingerprint density at radius 2 is 2.05 bits per heavy atom. The van der Waals surface area contributed by atoms with Crippen molar-refractivity contribution in [1.82, 2.24) is 0 Å². The van der Waals surface area contributed by atoms with Gasteiger partial charge >= 0.3 is 5.97 Å². The maximum Gasteiger partial charge on any atom is 0.338 e. The van der Waals surface area contributed by atoms with Gasteiger partial charge in [-0.3, -0.25) is 4.18 Å². The Kier molecular flexibility index (Phi) is 5.55. The van der Waals surface area contributed by atoms with Crippen molar-refractivity contribution in [3.8, 4) is 0 Å². The first-order valence-corrected chi connectivity index (χ1v) is 8.89. The Morgan fingerprint density at radius 3 is 2.59 bits per heavy atom. The summed E-state index contributed by atoms with van der Waals surface area (Å²) in [6.07, 6.45) is 0.418. The Morgan fingerprint density at radius 1 is 1.36 bits per heavy atom. The molecule has 0 aromatic heterocycles. The minimum atomic E-state index is -3.66. The van der Waals surface area contributed by atoms with Crippen LogP contribution in [0.4, 0.5) is 0 Å². The summed E-state index contributed by atoms with van der Waals surface area (Å²) < 4.78 is 38.5. The number of hydrogen-bond acceptors (Lipinski definition) is 6. The van der Waals surface area contributed by atoms with E-state index in [1.54, 1.807) is 30.3 Å². The lowest BCUT2D eigenvalue weighted by Gasteiger charge is -2.21. The number of benzene rings is 1. The Balaban J connectivity index is 1.99. The molecule has 0 unspecified atom stereocenters. The molecule has 0 radical (unpaired) electrons. The summed E-state index contributed by atoms with van der Waals surface area (Å²) in [6, 6.07) is 8.50. The zero-order valence-electron chi connectivity index (χ0n) is 12.6. The van der Waals surface area contributed by atoms with Crippen molar-refractivity contribution in [2.45, 2.75) is 25.6 Å². The van der Waals surface area contributed by atoms with E-state index in [0.29, 0.717) is 24.5 Å². The van der Waals surface area contributed by atoms with Gasteiger partial charge in [-0.05, 0) is 24.5 Å². The molecule has 22 heavy (non-hydrogen) atoms. The average Bonchev–Trinajstić information content (AvgIpc) is 2.89. The molecule has 0 saturated carbocycles. The van der Waals surface area contributed by atoms with Crippen LogP contribution in [0.5, 0.6) is 0 Å². The lowest BCUT2D eigenvalue weighted by molar-refractivity contribution is -0.0235. The quantitative estimate of drug-likeness (QED) is 0.583. The second-order valence-corrected chi connectivity index (χ2v) is 7.12. The Bertz CT molecular complexity index is 598. The minimum Gasteiger partial charge on any atom is -0.459 e. The zero-order chi connectivity index (χ0) is 16.2. The highest BCUT2D eigenvalue weighted by atomic mass is 32.2. The van der Waals surface area contributed by atoms with Crippen LogP contribution in [0.2, 0.25) is 0 Å². The van der Waals surface area contributed by atoms with Crippen molar-refractivity contribution in [2.75, 3.05) is 19.5 Å². The first-order chi connectivity index (χ1) is 10.3. The molecule has 1 aliphatic heterocycles. The van der Waals surface area contributed by atoms with Gasteiger partial charge in [0.05, 0.1) is 17.9 Å². The van der Waals surface area contributed by atoms with E-state index in [1.807, 2.05) is 6.92 Å². The minimum absolute atomic E-state index is 0.168.